The Morgan fingerprint density at radius 2 is 1.62 bits per heavy atom. The first kappa shape index (κ1) is 30.3. The first-order chi connectivity index (χ1) is 22.0. The van der Waals surface area contributed by atoms with E-state index in [-0.39, 0.29) is 11.8 Å². The molecule has 0 radical (unpaired) electrons. The zero-order valence-corrected chi connectivity index (χ0v) is 26.1. The van der Waals surface area contributed by atoms with Gasteiger partial charge in [0.15, 0.2) is 0 Å². The van der Waals surface area contributed by atoms with Gasteiger partial charge in [0, 0.05) is 58.0 Å². The number of hydrogen-bond acceptors (Lipinski definition) is 5. The molecule has 0 unspecified atom stereocenters. The minimum absolute atomic E-state index is 0.0311. The summed E-state index contributed by atoms with van der Waals surface area (Å²) in [5.41, 5.74) is 6.40. The van der Waals surface area contributed by atoms with Crippen molar-refractivity contribution in [3.63, 3.8) is 0 Å². The predicted molar refractivity (Wildman–Crippen MR) is 176 cm³/mol. The Labute approximate surface area is 265 Å². The minimum atomic E-state index is -0.679. The van der Waals surface area contributed by atoms with Crippen LogP contribution in [-0.2, 0) is 47.3 Å². The Kier molecular flexibility index (Phi) is 9.41. The quantitative estimate of drug-likeness (QED) is 0.257. The third-order valence-corrected chi connectivity index (χ3v) is 8.98. The van der Waals surface area contributed by atoms with Crippen LogP contribution in [0, 0.1) is 6.92 Å². The number of morpholine rings is 1. The molecular weight excluding hydrogens is 562 g/mol. The fourth-order valence-electron chi connectivity index (χ4n) is 6.16. The fourth-order valence-corrected chi connectivity index (χ4v) is 6.16. The second kappa shape index (κ2) is 13.9. The zero-order valence-electron chi connectivity index (χ0n) is 26.1. The van der Waals surface area contributed by atoms with Gasteiger partial charge in [-0.25, -0.2) is 4.98 Å². The highest BCUT2D eigenvalue weighted by Crippen LogP contribution is 2.24. The first-order valence-corrected chi connectivity index (χ1v) is 15.7. The Morgan fingerprint density at radius 3 is 2.33 bits per heavy atom. The van der Waals surface area contributed by atoms with E-state index in [9.17, 15) is 9.59 Å². The van der Waals surface area contributed by atoms with Crippen LogP contribution in [0.3, 0.4) is 0 Å². The lowest BCUT2D eigenvalue weighted by Crippen LogP contribution is -2.52. The number of rotatable bonds is 9. The lowest BCUT2D eigenvalue weighted by Gasteiger charge is -2.37. The summed E-state index contributed by atoms with van der Waals surface area (Å²) in [5.74, 6) is 0.621. The van der Waals surface area contributed by atoms with Crippen LogP contribution < -0.4 is 4.90 Å². The molecule has 2 amide bonds. The van der Waals surface area contributed by atoms with Crippen LogP contribution in [0.2, 0.25) is 0 Å². The van der Waals surface area contributed by atoms with Crippen LogP contribution in [0.25, 0.3) is 6.08 Å². The van der Waals surface area contributed by atoms with Crippen LogP contribution in [0.1, 0.15) is 33.8 Å². The maximum Gasteiger partial charge on any atom is 0.247 e. The molecule has 2 aliphatic rings. The molecule has 8 nitrogen and oxygen atoms in total. The molecule has 0 aliphatic carbocycles. The number of imidazole rings is 1. The van der Waals surface area contributed by atoms with Crippen LogP contribution >= 0.6 is 0 Å². The summed E-state index contributed by atoms with van der Waals surface area (Å²) in [6.07, 6.45) is 6.35. The van der Waals surface area contributed by atoms with Gasteiger partial charge in [-0.05, 0) is 53.8 Å². The van der Waals surface area contributed by atoms with Crippen LogP contribution in [-0.4, -0.2) is 70.1 Å². The average molecular weight is 604 g/mol. The van der Waals surface area contributed by atoms with Gasteiger partial charge in [-0.15, -0.1) is 0 Å². The van der Waals surface area contributed by atoms with E-state index in [0.29, 0.717) is 26.1 Å². The van der Waals surface area contributed by atoms with E-state index in [2.05, 4.69) is 52.3 Å². The minimum Gasteiger partial charge on any atom is -0.378 e. The van der Waals surface area contributed by atoms with E-state index in [1.165, 1.54) is 11.1 Å². The van der Waals surface area contributed by atoms with Crippen molar-refractivity contribution in [2.24, 2.45) is 7.05 Å². The fraction of sp³-hybridized carbons (Fsp3) is 0.324. The molecular formula is C37H41N5O3. The summed E-state index contributed by atoms with van der Waals surface area (Å²) >= 11 is 0. The van der Waals surface area contributed by atoms with Crippen molar-refractivity contribution in [3.8, 4) is 0 Å². The lowest BCUT2D eigenvalue weighted by molar-refractivity contribution is -0.144. The van der Waals surface area contributed by atoms with Gasteiger partial charge in [0.25, 0.3) is 0 Å². The number of carbonyl (C=O) groups is 2. The summed E-state index contributed by atoms with van der Waals surface area (Å²) in [5, 5.41) is 0. The molecule has 1 fully saturated rings. The van der Waals surface area contributed by atoms with Gasteiger partial charge in [-0.3, -0.25) is 9.59 Å². The molecule has 0 spiro atoms. The number of carbonyl (C=O) groups excluding carboxylic acids is 2. The van der Waals surface area contributed by atoms with Crippen LogP contribution in [0.15, 0.2) is 91.1 Å². The number of ether oxygens (including phenoxy) is 1. The van der Waals surface area contributed by atoms with Gasteiger partial charge in [0.05, 0.1) is 25.1 Å². The normalized spacial score (nSPS) is 15.6. The number of aryl methyl sites for hydroxylation is 1. The van der Waals surface area contributed by atoms with Gasteiger partial charge >= 0.3 is 0 Å². The van der Waals surface area contributed by atoms with Gasteiger partial charge in [-0.2, -0.15) is 0 Å². The molecule has 1 aromatic heterocycles. The molecule has 0 bridgehead atoms. The average Bonchev–Trinajstić information content (AvgIpc) is 3.41. The summed E-state index contributed by atoms with van der Waals surface area (Å²) in [7, 11) is 1.93. The molecule has 1 atom stereocenters. The maximum atomic E-state index is 14.5. The van der Waals surface area contributed by atoms with Crippen LogP contribution in [0.4, 0.5) is 5.69 Å². The van der Waals surface area contributed by atoms with Crippen molar-refractivity contribution in [2.75, 3.05) is 37.7 Å². The standard InChI is InChI=1S/C37H41N5O3/c1-28-38-25-34(39(28)2)16-17-36(43)42(26-30-12-14-33(15-13-30)40-20-22-45-23-21-40)35(24-29-8-4-3-5-9-29)37(44)41-19-18-31-10-6-7-11-32(31)27-41/h3-17,25,35H,18-24,26-27H2,1-2H3/b17-16+/t35-/m0/s1. The Bertz CT molecular complexity index is 1640. The number of nitrogens with zero attached hydrogens (tertiary/aromatic N) is 5. The summed E-state index contributed by atoms with van der Waals surface area (Å²) in [6, 6.07) is 26.0. The number of anilines is 1. The number of benzene rings is 3. The van der Waals surface area contributed by atoms with Crippen molar-refractivity contribution in [1.29, 1.82) is 0 Å². The summed E-state index contributed by atoms with van der Waals surface area (Å²) < 4.78 is 7.46. The molecule has 45 heavy (non-hydrogen) atoms. The topological polar surface area (TPSA) is 70.9 Å². The molecule has 0 N–H and O–H groups in total. The highest BCUT2D eigenvalue weighted by molar-refractivity contribution is 5.95. The van der Waals surface area contributed by atoms with E-state index >= 15 is 0 Å². The van der Waals surface area contributed by atoms with E-state index < -0.39 is 6.04 Å². The van der Waals surface area contributed by atoms with Crippen molar-refractivity contribution < 1.29 is 14.3 Å². The highest BCUT2D eigenvalue weighted by atomic mass is 16.5. The highest BCUT2D eigenvalue weighted by Gasteiger charge is 2.34. The third kappa shape index (κ3) is 7.18. The van der Waals surface area contributed by atoms with Crippen molar-refractivity contribution in [1.82, 2.24) is 19.4 Å². The molecule has 6 rings (SSSR count). The Balaban J connectivity index is 1.33. The smallest absolute Gasteiger partial charge is 0.247 e. The molecule has 3 heterocycles. The van der Waals surface area contributed by atoms with E-state index in [4.69, 9.17) is 4.74 Å². The second-order valence-corrected chi connectivity index (χ2v) is 11.8. The SMILES string of the molecule is Cc1ncc(/C=C/C(=O)N(Cc2ccc(N3CCOCC3)cc2)[C@@H](Cc2ccccc2)C(=O)N2CCc3ccccc3C2)n1C. The van der Waals surface area contributed by atoms with Gasteiger partial charge in [0.1, 0.15) is 11.9 Å². The van der Waals surface area contributed by atoms with E-state index in [0.717, 1.165) is 61.1 Å². The molecule has 8 heteroatoms. The van der Waals surface area contributed by atoms with Crippen molar-refractivity contribution >= 4 is 23.6 Å². The zero-order chi connectivity index (χ0) is 31.2. The largest absolute Gasteiger partial charge is 0.378 e. The summed E-state index contributed by atoms with van der Waals surface area (Å²) in [6.45, 7) is 6.56. The number of aromatic nitrogens is 2. The van der Waals surface area contributed by atoms with Crippen molar-refractivity contribution in [3.05, 3.63) is 125 Å². The van der Waals surface area contributed by atoms with E-state index in [1.807, 2.05) is 59.8 Å². The Morgan fingerprint density at radius 1 is 0.911 bits per heavy atom. The lowest BCUT2D eigenvalue weighted by atomic mass is 9.97. The molecule has 0 saturated carbocycles. The van der Waals surface area contributed by atoms with Gasteiger partial charge < -0.3 is 24.0 Å². The Hall–Kier alpha value is -4.69. The maximum absolute atomic E-state index is 14.5. The first-order valence-electron chi connectivity index (χ1n) is 15.7. The molecule has 4 aromatic rings. The number of fused-ring (bicyclic) bond motifs is 1. The van der Waals surface area contributed by atoms with E-state index in [1.54, 1.807) is 23.2 Å². The molecule has 232 valence electrons. The number of hydrogen-bond donors (Lipinski definition) is 0. The van der Waals surface area contributed by atoms with Gasteiger partial charge in [0.2, 0.25) is 11.8 Å². The predicted octanol–water partition coefficient (Wildman–Crippen LogP) is 4.80. The monoisotopic (exact) mass is 603 g/mol. The molecule has 2 aliphatic heterocycles. The summed E-state index contributed by atoms with van der Waals surface area (Å²) in [4.78, 5) is 39.1. The van der Waals surface area contributed by atoms with Gasteiger partial charge in [-0.1, -0.05) is 66.7 Å². The van der Waals surface area contributed by atoms with Crippen LogP contribution in [0.5, 0.6) is 0 Å². The van der Waals surface area contributed by atoms with Crippen molar-refractivity contribution in [2.45, 2.75) is 38.9 Å². The molecule has 3 aromatic carbocycles. The third-order valence-electron chi connectivity index (χ3n) is 8.98. The second-order valence-electron chi connectivity index (χ2n) is 11.8. The molecule has 1 saturated heterocycles. The number of amides is 2.